The molecule has 0 saturated heterocycles. The fraction of sp³-hybridized carbons (Fsp3) is 0.783. The number of fused-ring (bicyclic) bond motifs is 5. The number of oxime groups is 2. The number of hydrogen-bond donors (Lipinski definition) is 2. The quantitative estimate of drug-likeness (QED) is 0.684. The van der Waals surface area contributed by atoms with Gasteiger partial charge in [0.05, 0.1) is 11.4 Å². The van der Waals surface area contributed by atoms with Gasteiger partial charge in [0.15, 0.2) is 5.78 Å². The minimum atomic E-state index is -1.51. The van der Waals surface area contributed by atoms with Crippen molar-refractivity contribution in [2.75, 3.05) is 20.8 Å². The number of carbonyl (C=O) groups is 1. The van der Waals surface area contributed by atoms with E-state index < -0.39 is 23.4 Å². The van der Waals surface area contributed by atoms with Crippen LogP contribution in [0, 0.1) is 28.6 Å². The fourth-order valence-electron chi connectivity index (χ4n) is 7.42. The fourth-order valence-corrected chi connectivity index (χ4v) is 7.42. The molecule has 0 bridgehead atoms. The third-order valence-corrected chi connectivity index (χ3v) is 8.86. The highest BCUT2D eigenvalue weighted by Crippen LogP contribution is 2.66. The second-order valence-corrected chi connectivity index (χ2v) is 9.98. The van der Waals surface area contributed by atoms with E-state index >= 15 is 0 Å². The average molecular weight is 419 g/mol. The molecule has 166 valence electrons. The molecule has 0 aromatic rings. The number of carbonyl (C=O) groups excluding carboxylic acids is 1. The van der Waals surface area contributed by atoms with Crippen LogP contribution in [0.4, 0.5) is 0 Å². The van der Waals surface area contributed by atoms with E-state index in [-0.39, 0.29) is 17.3 Å². The minimum Gasteiger partial charge on any atom is -0.399 e. The maximum absolute atomic E-state index is 12.6. The van der Waals surface area contributed by atoms with Crippen molar-refractivity contribution >= 4 is 17.2 Å². The Labute approximate surface area is 178 Å². The summed E-state index contributed by atoms with van der Waals surface area (Å²) in [6.07, 6.45) is 7.68. The molecule has 6 unspecified atom stereocenters. The van der Waals surface area contributed by atoms with Crippen molar-refractivity contribution in [3.05, 3.63) is 11.6 Å². The summed E-state index contributed by atoms with van der Waals surface area (Å²) in [6, 6.07) is 0. The molecule has 0 heterocycles. The van der Waals surface area contributed by atoms with E-state index in [0.717, 1.165) is 43.5 Å². The van der Waals surface area contributed by atoms with Gasteiger partial charge >= 0.3 is 0 Å². The first kappa shape index (κ1) is 21.5. The van der Waals surface area contributed by atoms with Crippen LogP contribution in [0.5, 0.6) is 0 Å². The largest absolute Gasteiger partial charge is 0.399 e. The van der Waals surface area contributed by atoms with Gasteiger partial charge in [0, 0.05) is 11.3 Å². The van der Waals surface area contributed by atoms with Gasteiger partial charge in [0.2, 0.25) is 0 Å². The van der Waals surface area contributed by atoms with Gasteiger partial charge in [-0.05, 0) is 68.3 Å². The third-order valence-electron chi connectivity index (χ3n) is 8.86. The molecule has 6 atom stereocenters. The van der Waals surface area contributed by atoms with E-state index in [1.54, 1.807) is 14.2 Å². The Hall–Kier alpha value is -1.73. The molecule has 0 aromatic carbocycles. The van der Waals surface area contributed by atoms with E-state index in [1.165, 1.54) is 5.57 Å². The Morgan fingerprint density at radius 3 is 2.57 bits per heavy atom. The molecule has 4 aliphatic rings. The molecule has 4 rings (SSSR count). The van der Waals surface area contributed by atoms with Crippen molar-refractivity contribution in [3.63, 3.8) is 0 Å². The van der Waals surface area contributed by atoms with Gasteiger partial charge in [-0.25, -0.2) is 0 Å². The summed E-state index contributed by atoms with van der Waals surface area (Å²) in [6.45, 7) is 3.71. The number of ketones is 1. The maximum Gasteiger partial charge on any atom is 0.190 e. The van der Waals surface area contributed by atoms with Crippen molar-refractivity contribution < 1.29 is 24.7 Å². The summed E-state index contributed by atoms with van der Waals surface area (Å²) in [5.41, 5.74) is 1.12. The van der Waals surface area contributed by atoms with Crippen LogP contribution in [0.15, 0.2) is 22.0 Å². The molecule has 3 fully saturated rings. The second kappa shape index (κ2) is 7.45. The summed E-state index contributed by atoms with van der Waals surface area (Å²) < 4.78 is 0. The molecule has 4 aliphatic carbocycles. The first-order valence-electron chi connectivity index (χ1n) is 11.0. The molecule has 0 aromatic heterocycles. The van der Waals surface area contributed by atoms with Gasteiger partial charge in [-0.2, -0.15) is 0 Å². The lowest BCUT2D eigenvalue weighted by atomic mass is 9.45. The molecule has 30 heavy (non-hydrogen) atoms. The molecule has 3 saturated carbocycles. The Morgan fingerprint density at radius 1 is 1.17 bits per heavy atom. The smallest absolute Gasteiger partial charge is 0.190 e. The SMILES string of the molecule is CON=C1C=C2CCC3C(C(=NOC)CC4(C)C3CCC4(O)C(=O)CO)C2(C)CC1. The second-order valence-electron chi connectivity index (χ2n) is 9.98. The van der Waals surface area contributed by atoms with Gasteiger partial charge in [0.1, 0.15) is 26.4 Å². The first-order chi connectivity index (χ1) is 14.2. The highest BCUT2D eigenvalue weighted by molar-refractivity contribution is 5.98. The Balaban J connectivity index is 1.78. The molecule has 0 amide bonds. The lowest BCUT2D eigenvalue weighted by molar-refractivity contribution is -0.157. The highest BCUT2D eigenvalue weighted by Gasteiger charge is 2.67. The molecule has 0 aliphatic heterocycles. The molecular weight excluding hydrogens is 384 g/mol. The van der Waals surface area contributed by atoms with Gasteiger partial charge in [0.25, 0.3) is 0 Å². The number of Topliss-reactive ketones (excluding diaryl/α,β-unsaturated/α-hetero) is 1. The summed E-state index contributed by atoms with van der Waals surface area (Å²) in [7, 11) is 3.14. The number of hydrogen-bond acceptors (Lipinski definition) is 7. The average Bonchev–Trinajstić information content (AvgIpc) is 2.99. The highest BCUT2D eigenvalue weighted by atomic mass is 16.6. The zero-order valence-corrected chi connectivity index (χ0v) is 18.5. The molecule has 7 heteroatoms. The molecular formula is C23H34N2O5. The van der Waals surface area contributed by atoms with Crippen LogP contribution in [0.3, 0.4) is 0 Å². The number of nitrogens with zero attached hydrogens (tertiary/aromatic N) is 2. The van der Waals surface area contributed by atoms with Crippen LogP contribution in [-0.4, -0.2) is 53.8 Å². The third kappa shape index (κ3) is 2.81. The Bertz CT molecular complexity index is 820. The van der Waals surface area contributed by atoms with E-state index in [9.17, 15) is 15.0 Å². The van der Waals surface area contributed by atoms with E-state index in [4.69, 9.17) is 9.68 Å². The Morgan fingerprint density at radius 2 is 1.90 bits per heavy atom. The van der Waals surface area contributed by atoms with E-state index in [0.29, 0.717) is 18.8 Å². The van der Waals surface area contributed by atoms with Crippen LogP contribution in [0.2, 0.25) is 0 Å². The topological polar surface area (TPSA) is 101 Å². The van der Waals surface area contributed by atoms with Gasteiger partial charge in [-0.3, -0.25) is 4.79 Å². The zero-order valence-electron chi connectivity index (χ0n) is 18.5. The van der Waals surface area contributed by atoms with Crippen LogP contribution in [0.1, 0.15) is 58.8 Å². The maximum atomic E-state index is 12.6. The predicted molar refractivity (Wildman–Crippen MR) is 113 cm³/mol. The van der Waals surface area contributed by atoms with Crippen molar-refractivity contribution in [3.8, 4) is 0 Å². The lowest BCUT2D eigenvalue weighted by Crippen LogP contribution is -2.61. The van der Waals surface area contributed by atoms with Crippen LogP contribution < -0.4 is 0 Å². The molecule has 0 spiro atoms. The van der Waals surface area contributed by atoms with Gasteiger partial charge < -0.3 is 19.9 Å². The van der Waals surface area contributed by atoms with Gasteiger partial charge in [-0.15, -0.1) is 0 Å². The molecule has 0 radical (unpaired) electrons. The van der Waals surface area contributed by atoms with E-state index in [1.807, 2.05) is 6.92 Å². The number of allylic oxidation sites excluding steroid dienone is 2. The van der Waals surface area contributed by atoms with Crippen LogP contribution >= 0.6 is 0 Å². The lowest BCUT2D eigenvalue weighted by Gasteiger charge is -2.58. The first-order valence-corrected chi connectivity index (χ1v) is 11.0. The normalized spacial score (nSPS) is 45.4. The van der Waals surface area contributed by atoms with Crippen molar-refractivity contribution in [1.29, 1.82) is 0 Å². The predicted octanol–water partition coefficient (Wildman–Crippen LogP) is 2.86. The number of aliphatic hydroxyl groups excluding tert-OH is 1. The Kier molecular flexibility index (Phi) is 5.34. The standard InChI is InChI=1S/C23H34N2O5/c1-21-9-7-15(24-29-3)11-14(21)5-6-16-17-8-10-23(28,19(27)13-26)22(17,2)12-18(20(16)21)25-30-4/h11,16-17,20,26,28H,5-10,12-13H2,1-4H3. The van der Waals surface area contributed by atoms with Crippen molar-refractivity contribution in [2.24, 2.45) is 38.9 Å². The number of aliphatic hydroxyl groups is 2. The molecule has 2 N–H and O–H groups in total. The summed E-state index contributed by atoms with van der Waals surface area (Å²) in [4.78, 5) is 22.9. The van der Waals surface area contributed by atoms with Crippen LogP contribution in [-0.2, 0) is 14.5 Å². The summed E-state index contributed by atoms with van der Waals surface area (Å²) in [5, 5.41) is 29.6. The zero-order chi connectivity index (χ0) is 21.7. The van der Waals surface area contributed by atoms with Crippen molar-refractivity contribution in [1.82, 2.24) is 0 Å². The monoisotopic (exact) mass is 418 g/mol. The van der Waals surface area contributed by atoms with Crippen molar-refractivity contribution in [2.45, 2.75) is 64.4 Å². The van der Waals surface area contributed by atoms with Gasteiger partial charge in [-0.1, -0.05) is 29.7 Å². The summed E-state index contributed by atoms with van der Waals surface area (Å²) in [5.74, 6) is 0.280. The minimum absolute atomic E-state index is 0.0456. The van der Waals surface area contributed by atoms with E-state index in [2.05, 4.69) is 23.3 Å². The van der Waals surface area contributed by atoms with Crippen LogP contribution in [0.25, 0.3) is 0 Å². The number of rotatable bonds is 4. The summed E-state index contributed by atoms with van der Waals surface area (Å²) >= 11 is 0. The molecule has 7 nitrogen and oxygen atoms in total.